The Labute approximate surface area is 92.4 Å². The molecule has 0 aromatic carbocycles. The van der Waals surface area contributed by atoms with Crippen molar-refractivity contribution in [2.45, 2.75) is 25.3 Å². The Balaban J connectivity index is 2.49. The molecule has 0 spiro atoms. The minimum Gasteiger partial charge on any atom is -0.307 e. The average Bonchev–Trinajstić information content (AvgIpc) is 1.95. The Morgan fingerprint density at radius 2 is 2.15 bits per heavy atom. The highest BCUT2D eigenvalue weighted by Gasteiger charge is 2.21. The lowest BCUT2D eigenvalue weighted by Gasteiger charge is -2.27. The van der Waals surface area contributed by atoms with Gasteiger partial charge in [0.1, 0.15) is 4.60 Å². The second-order valence-electron chi connectivity index (χ2n) is 3.15. The van der Waals surface area contributed by atoms with Crippen LogP contribution in [0, 0.1) is 0 Å². The van der Waals surface area contributed by atoms with Gasteiger partial charge in [-0.2, -0.15) is 0 Å². The van der Waals surface area contributed by atoms with Crippen LogP contribution in [0.5, 0.6) is 0 Å². The van der Waals surface area contributed by atoms with E-state index in [0.717, 1.165) is 12.8 Å². The zero-order valence-corrected chi connectivity index (χ0v) is 10.0. The maximum absolute atomic E-state index is 11.6. The molecule has 1 heterocycles. The molecular weight excluding hydrogens is 300 g/mol. The van der Waals surface area contributed by atoms with E-state index in [-0.39, 0.29) is 5.56 Å². The molecule has 0 atom stereocenters. The zero-order valence-electron chi connectivity index (χ0n) is 6.83. The topological polar surface area (TPSA) is 34.9 Å². The van der Waals surface area contributed by atoms with Gasteiger partial charge >= 0.3 is 0 Å². The smallest absolute Gasteiger partial charge is 0.283 e. The summed E-state index contributed by atoms with van der Waals surface area (Å²) in [6, 6.07) is 0.378. The molecule has 13 heavy (non-hydrogen) atoms. The van der Waals surface area contributed by atoms with Crippen molar-refractivity contribution < 1.29 is 0 Å². The van der Waals surface area contributed by atoms with Crippen LogP contribution < -0.4 is 5.56 Å². The summed E-state index contributed by atoms with van der Waals surface area (Å²) < 4.78 is 2.84. The van der Waals surface area contributed by atoms with Crippen molar-refractivity contribution in [2.24, 2.45) is 0 Å². The van der Waals surface area contributed by atoms with E-state index in [0.29, 0.717) is 15.2 Å². The van der Waals surface area contributed by atoms with Crippen molar-refractivity contribution in [3.8, 4) is 0 Å². The van der Waals surface area contributed by atoms with Crippen molar-refractivity contribution >= 4 is 31.9 Å². The fourth-order valence-corrected chi connectivity index (χ4v) is 2.42. The van der Waals surface area contributed by atoms with Gasteiger partial charge in [0.25, 0.3) is 5.56 Å². The molecule has 0 amide bonds. The van der Waals surface area contributed by atoms with Crippen LogP contribution in [0.4, 0.5) is 0 Å². The monoisotopic (exact) mass is 306 g/mol. The molecule has 0 radical (unpaired) electrons. The molecule has 1 saturated carbocycles. The normalized spacial score (nSPS) is 17.1. The molecule has 0 unspecified atom stereocenters. The summed E-state index contributed by atoms with van der Waals surface area (Å²) in [5.41, 5.74) is -0.0344. The van der Waals surface area contributed by atoms with Crippen molar-refractivity contribution in [3.05, 3.63) is 25.8 Å². The van der Waals surface area contributed by atoms with Crippen molar-refractivity contribution in [1.29, 1.82) is 0 Å². The van der Waals surface area contributed by atoms with Gasteiger partial charge in [0.2, 0.25) is 0 Å². The fourth-order valence-electron chi connectivity index (χ4n) is 1.39. The summed E-state index contributed by atoms with van der Waals surface area (Å²) in [5.74, 6) is 0. The van der Waals surface area contributed by atoms with Gasteiger partial charge in [0.15, 0.2) is 4.60 Å². The van der Waals surface area contributed by atoms with Crippen molar-refractivity contribution in [2.75, 3.05) is 0 Å². The van der Waals surface area contributed by atoms with Gasteiger partial charge in [-0.05, 0) is 51.1 Å². The van der Waals surface area contributed by atoms with Crippen LogP contribution in [0.25, 0.3) is 0 Å². The number of hydrogen-bond donors (Lipinski definition) is 0. The fraction of sp³-hybridized carbons (Fsp3) is 0.500. The molecule has 5 heteroatoms. The van der Waals surface area contributed by atoms with Crippen molar-refractivity contribution in [1.82, 2.24) is 9.55 Å². The summed E-state index contributed by atoms with van der Waals surface area (Å²) in [6.45, 7) is 0. The maximum atomic E-state index is 11.6. The van der Waals surface area contributed by atoms with E-state index >= 15 is 0 Å². The summed E-state index contributed by atoms with van der Waals surface area (Å²) in [7, 11) is 0. The predicted molar refractivity (Wildman–Crippen MR) is 56.8 cm³/mol. The molecule has 1 aromatic heterocycles. The van der Waals surface area contributed by atoms with Crippen LogP contribution in [0.2, 0.25) is 0 Å². The molecule has 0 bridgehead atoms. The third kappa shape index (κ3) is 1.72. The van der Waals surface area contributed by atoms with Gasteiger partial charge in [0, 0.05) is 12.2 Å². The summed E-state index contributed by atoms with van der Waals surface area (Å²) in [4.78, 5) is 15.6. The lowest BCUT2D eigenvalue weighted by Crippen LogP contribution is -2.29. The Morgan fingerprint density at radius 1 is 1.46 bits per heavy atom. The molecule has 3 nitrogen and oxygen atoms in total. The van der Waals surface area contributed by atoms with Crippen LogP contribution in [0.3, 0.4) is 0 Å². The molecular formula is C8H8Br2N2O. The molecule has 0 aliphatic heterocycles. The third-order valence-electron chi connectivity index (χ3n) is 2.33. The van der Waals surface area contributed by atoms with E-state index in [9.17, 15) is 4.79 Å². The van der Waals surface area contributed by atoms with E-state index in [1.54, 1.807) is 10.8 Å². The number of hydrogen-bond acceptors (Lipinski definition) is 2. The molecule has 1 aliphatic carbocycles. The van der Waals surface area contributed by atoms with E-state index in [1.165, 1.54) is 6.42 Å². The van der Waals surface area contributed by atoms with Crippen LogP contribution in [0.1, 0.15) is 25.3 Å². The molecule has 2 rings (SSSR count). The van der Waals surface area contributed by atoms with Crippen LogP contribution in [-0.2, 0) is 0 Å². The largest absolute Gasteiger partial charge is 0.307 e. The van der Waals surface area contributed by atoms with E-state index in [4.69, 9.17) is 0 Å². The Morgan fingerprint density at radius 3 is 2.69 bits per heavy atom. The SMILES string of the molecule is O=c1c(Br)nc(Br)cn1C1CCC1. The van der Waals surface area contributed by atoms with Crippen LogP contribution in [0.15, 0.2) is 20.2 Å². The summed E-state index contributed by atoms with van der Waals surface area (Å²) in [5, 5.41) is 0. The van der Waals surface area contributed by atoms with E-state index in [2.05, 4.69) is 36.8 Å². The predicted octanol–water partition coefficient (Wildman–Crippen LogP) is 2.49. The minimum atomic E-state index is -0.0344. The highest BCUT2D eigenvalue weighted by Crippen LogP contribution is 2.30. The van der Waals surface area contributed by atoms with Crippen LogP contribution in [-0.4, -0.2) is 9.55 Å². The highest BCUT2D eigenvalue weighted by atomic mass is 79.9. The molecule has 1 fully saturated rings. The van der Waals surface area contributed by atoms with Gasteiger partial charge in [-0.3, -0.25) is 4.79 Å². The van der Waals surface area contributed by atoms with E-state index < -0.39 is 0 Å². The molecule has 1 aromatic rings. The second kappa shape index (κ2) is 3.53. The lowest BCUT2D eigenvalue weighted by molar-refractivity contribution is 0.304. The van der Waals surface area contributed by atoms with Crippen molar-refractivity contribution in [3.63, 3.8) is 0 Å². The molecule has 70 valence electrons. The Kier molecular flexibility index (Phi) is 2.55. The highest BCUT2D eigenvalue weighted by molar-refractivity contribution is 9.11. The van der Waals surface area contributed by atoms with Gasteiger partial charge in [-0.1, -0.05) is 0 Å². The van der Waals surface area contributed by atoms with Gasteiger partial charge in [-0.15, -0.1) is 0 Å². The number of aromatic nitrogens is 2. The number of halogens is 2. The standard InChI is InChI=1S/C8H8Br2N2O/c9-6-4-12(5-2-1-3-5)8(13)7(10)11-6/h4-5H,1-3H2. The minimum absolute atomic E-state index is 0.0344. The first-order valence-corrected chi connectivity index (χ1v) is 5.71. The first kappa shape index (κ1) is 9.40. The van der Waals surface area contributed by atoms with Gasteiger partial charge in [0.05, 0.1) is 0 Å². The van der Waals surface area contributed by atoms with E-state index in [1.807, 2.05) is 0 Å². The second-order valence-corrected chi connectivity index (χ2v) is 4.72. The maximum Gasteiger partial charge on any atom is 0.283 e. The Bertz CT molecular complexity index is 384. The molecule has 0 saturated heterocycles. The first-order chi connectivity index (χ1) is 6.18. The summed E-state index contributed by atoms with van der Waals surface area (Å²) >= 11 is 6.41. The van der Waals surface area contributed by atoms with Crippen LogP contribution >= 0.6 is 31.9 Å². The third-order valence-corrected chi connectivity index (χ3v) is 3.23. The zero-order chi connectivity index (χ0) is 9.42. The van der Waals surface area contributed by atoms with Gasteiger partial charge in [-0.25, -0.2) is 4.98 Å². The molecule has 1 aliphatic rings. The quantitative estimate of drug-likeness (QED) is 0.799. The first-order valence-electron chi connectivity index (χ1n) is 4.12. The number of nitrogens with zero attached hydrogens (tertiary/aromatic N) is 2. The summed E-state index contributed by atoms with van der Waals surface area (Å²) in [6.07, 6.45) is 5.18. The lowest BCUT2D eigenvalue weighted by atomic mass is 9.93. The number of rotatable bonds is 1. The Hall–Kier alpha value is -0.160. The molecule has 0 N–H and O–H groups in total. The van der Waals surface area contributed by atoms with Gasteiger partial charge < -0.3 is 4.57 Å². The average molecular weight is 308 g/mol.